The predicted octanol–water partition coefficient (Wildman–Crippen LogP) is 3.45. The lowest BCUT2D eigenvalue weighted by molar-refractivity contribution is -0.384. The van der Waals surface area contributed by atoms with Gasteiger partial charge in [0.2, 0.25) is 5.91 Å². The van der Waals surface area contributed by atoms with Crippen molar-refractivity contribution in [2.45, 2.75) is 52.1 Å². The summed E-state index contributed by atoms with van der Waals surface area (Å²) >= 11 is 0. The average molecular weight is 447 g/mol. The summed E-state index contributed by atoms with van der Waals surface area (Å²) in [5.41, 5.74) is 1.17. The van der Waals surface area contributed by atoms with E-state index in [1.54, 1.807) is 29.0 Å². The molecule has 1 unspecified atom stereocenters. The number of likely N-dealkylation sites (tertiary alicyclic amines) is 1. The minimum absolute atomic E-state index is 0.0148. The molecule has 2 aliphatic rings. The van der Waals surface area contributed by atoms with Crippen molar-refractivity contribution in [2.24, 2.45) is 5.92 Å². The van der Waals surface area contributed by atoms with Gasteiger partial charge < -0.3 is 14.5 Å². The molecule has 0 aliphatic carbocycles. The number of piperidine rings is 1. The molecule has 2 amide bonds. The Hall–Kier alpha value is -2.68. The van der Waals surface area contributed by atoms with E-state index in [2.05, 4.69) is 4.90 Å². The molecule has 1 fully saturated rings. The Morgan fingerprint density at radius 1 is 1.25 bits per heavy atom. The number of hydrogen-bond acceptors (Lipinski definition) is 6. The smallest absolute Gasteiger partial charge is 0.410 e. The van der Waals surface area contributed by atoms with E-state index in [9.17, 15) is 19.7 Å². The number of benzene rings is 1. The van der Waals surface area contributed by atoms with Crippen molar-refractivity contribution in [3.8, 4) is 0 Å². The molecule has 0 radical (unpaired) electrons. The van der Waals surface area contributed by atoms with Gasteiger partial charge in [-0.25, -0.2) is 4.79 Å². The summed E-state index contributed by atoms with van der Waals surface area (Å²) in [4.78, 5) is 41.6. The normalized spacial score (nSPS) is 19.2. The van der Waals surface area contributed by atoms with Crippen LogP contribution in [0.3, 0.4) is 0 Å². The lowest BCUT2D eigenvalue weighted by Gasteiger charge is -2.36. The summed E-state index contributed by atoms with van der Waals surface area (Å²) in [5, 5.41) is 11.1. The van der Waals surface area contributed by atoms with Crippen LogP contribution in [0.2, 0.25) is 0 Å². The zero-order valence-electron chi connectivity index (χ0n) is 19.5. The number of nitrogens with zero attached hydrogens (tertiary/aromatic N) is 4. The number of hydrogen-bond donors (Lipinski definition) is 0. The fraction of sp³-hybridized carbons (Fsp3) is 0.652. The van der Waals surface area contributed by atoms with E-state index in [-0.39, 0.29) is 23.6 Å². The van der Waals surface area contributed by atoms with E-state index in [1.165, 1.54) is 6.07 Å². The van der Waals surface area contributed by atoms with Crippen LogP contribution in [0.15, 0.2) is 18.2 Å². The number of amides is 2. The van der Waals surface area contributed by atoms with Crippen LogP contribution in [0.4, 0.5) is 16.2 Å². The number of anilines is 1. The van der Waals surface area contributed by atoms with Crippen molar-refractivity contribution in [2.75, 3.05) is 44.7 Å². The zero-order valence-corrected chi connectivity index (χ0v) is 19.5. The molecule has 32 heavy (non-hydrogen) atoms. The molecule has 2 aliphatic heterocycles. The maximum absolute atomic E-state index is 13.1. The highest BCUT2D eigenvalue weighted by molar-refractivity contribution is 5.96. The quantitative estimate of drug-likeness (QED) is 0.508. The number of nitro benzene ring substituents is 1. The van der Waals surface area contributed by atoms with Crippen LogP contribution < -0.4 is 4.90 Å². The van der Waals surface area contributed by atoms with Crippen LogP contribution in [0.1, 0.15) is 45.6 Å². The lowest BCUT2D eigenvalue weighted by atomic mass is 9.97. The number of rotatable bonds is 5. The van der Waals surface area contributed by atoms with Crippen LogP contribution >= 0.6 is 0 Å². The molecule has 0 saturated carbocycles. The number of aryl methyl sites for hydroxylation is 1. The molecule has 0 bridgehead atoms. The van der Waals surface area contributed by atoms with Crippen LogP contribution in [0, 0.1) is 16.0 Å². The Morgan fingerprint density at radius 3 is 2.69 bits per heavy atom. The van der Waals surface area contributed by atoms with Crippen LogP contribution in [-0.2, 0) is 16.0 Å². The second-order valence-corrected chi connectivity index (χ2v) is 9.82. The van der Waals surface area contributed by atoms with Gasteiger partial charge in [0.05, 0.1) is 11.5 Å². The van der Waals surface area contributed by atoms with Gasteiger partial charge in [0.15, 0.2) is 0 Å². The van der Waals surface area contributed by atoms with Crippen molar-refractivity contribution in [3.05, 3.63) is 33.9 Å². The molecule has 0 spiro atoms. The first-order valence-corrected chi connectivity index (χ1v) is 11.3. The first kappa shape index (κ1) is 24.0. The first-order chi connectivity index (χ1) is 15.0. The Morgan fingerprint density at radius 2 is 2.00 bits per heavy atom. The maximum atomic E-state index is 13.1. The SMILES string of the molecule is CN(CC1CCCN(CC(=O)N2CCCc3cc([N+](=O)[O-])ccc32)C1)C(=O)OC(C)(C)C. The molecule has 2 heterocycles. The highest BCUT2D eigenvalue weighted by atomic mass is 16.6. The Kier molecular flexibility index (Phi) is 7.38. The maximum Gasteiger partial charge on any atom is 0.410 e. The molecule has 3 rings (SSSR count). The van der Waals surface area contributed by atoms with E-state index in [4.69, 9.17) is 4.74 Å². The highest BCUT2D eigenvalue weighted by Gasteiger charge is 2.29. The van der Waals surface area contributed by atoms with E-state index < -0.39 is 10.5 Å². The number of fused-ring (bicyclic) bond motifs is 1. The number of nitro groups is 1. The van der Waals surface area contributed by atoms with E-state index in [0.29, 0.717) is 19.6 Å². The van der Waals surface area contributed by atoms with Crippen molar-refractivity contribution >= 4 is 23.4 Å². The van der Waals surface area contributed by atoms with Crippen LogP contribution in [0.25, 0.3) is 0 Å². The second kappa shape index (κ2) is 9.85. The van der Waals surface area contributed by atoms with E-state index in [1.807, 2.05) is 20.8 Å². The van der Waals surface area contributed by atoms with Gasteiger partial charge in [-0.1, -0.05) is 0 Å². The summed E-state index contributed by atoms with van der Waals surface area (Å²) in [6, 6.07) is 4.74. The van der Waals surface area contributed by atoms with Gasteiger partial charge in [-0.3, -0.25) is 19.8 Å². The zero-order chi connectivity index (χ0) is 23.5. The van der Waals surface area contributed by atoms with Gasteiger partial charge in [-0.2, -0.15) is 0 Å². The molecule has 9 heteroatoms. The van der Waals surface area contributed by atoms with Gasteiger partial charge >= 0.3 is 6.09 Å². The summed E-state index contributed by atoms with van der Waals surface area (Å²) in [6.45, 7) is 8.68. The fourth-order valence-corrected chi connectivity index (χ4v) is 4.48. The van der Waals surface area contributed by atoms with E-state index >= 15 is 0 Å². The van der Waals surface area contributed by atoms with Gasteiger partial charge in [0, 0.05) is 44.5 Å². The summed E-state index contributed by atoms with van der Waals surface area (Å²) in [7, 11) is 1.75. The van der Waals surface area contributed by atoms with Crippen LogP contribution in [-0.4, -0.2) is 72.1 Å². The molecule has 0 N–H and O–H groups in total. The van der Waals surface area contributed by atoms with Gasteiger partial charge in [0.25, 0.3) is 5.69 Å². The number of carbonyl (C=O) groups excluding carboxylic acids is 2. The standard InChI is InChI=1S/C23H34N4O5/c1-23(2,3)32-22(29)24(4)14-17-7-5-11-25(15-17)16-21(28)26-12-6-8-18-13-19(27(30)31)9-10-20(18)26/h9-10,13,17H,5-8,11-12,14-16H2,1-4H3. The third-order valence-electron chi connectivity index (χ3n) is 5.89. The average Bonchev–Trinajstić information content (AvgIpc) is 2.71. The molecular formula is C23H34N4O5. The van der Waals surface area contributed by atoms with Crippen molar-refractivity contribution in [1.82, 2.24) is 9.80 Å². The Labute approximate surface area is 189 Å². The number of carbonyl (C=O) groups is 2. The molecular weight excluding hydrogens is 412 g/mol. The largest absolute Gasteiger partial charge is 0.444 e. The number of non-ortho nitro benzene ring substituents is 1. The van der Waals surface area contributed by atoms with Crippen molar-refractivity contribution in [3.63, 3.8) is 0 Å². The Balaban J connectivity index is 1.58. The molecule has 1 aromatic rings. The topological polar surface area (TPSA) is 96.2 Å². The predicted molar refractivity (Wildman–Crippen MR) is 122 cm³/mol. The first-order valence-electron chi connectivity index (χ1n) is 11.3. The fourth-order valence-electron chi connectivity index (χ4n) is 4.48. The Bertz CT molecular complexity index is 866. The molecule has 176 valence electrons. The third kappa shape index (κ3) is 6.18. The second-order valence-electron chi connectivity index (χ2n) is 9.82. The summed E-state index contributed by atoms with van der Waals surface area (Å²) in [6.07, 6.45) is 3.19. The highest BCUT2D eigenvalue weighted by Crippen LogP contribution is 2.31. The van der Waals surface area contributed by atoms with Gasteiger partial charge in [0.1, 0.15) is 5.60 Å². The summed E-state index contributed by atoms with van der Waals surface area (Å²) in [5.74, 6) is 0.298. The van der Waals surface area contributed by atoms with Gasteiger partial charge in [-0.05, 0) is 70.5 Å². The minimum atomic E-state index is -0.526. The molecule has 1 aromatic carbocycles. The third-order valence-corrected chi connectivity index (χ3v) is 5.89. The molecule has 1 atom stereocenters. The van der Waals surface area contributed by atoms with Crippen molar-refractivity contribution in [1.29, 1.82) is 0 Å². The summed E-state index contributed by atoms with van der Waals surface area (Å²) < 4.78 is 5.44. The van der Waals surface area contributed by atoms with Crippen LogP contribution in [0.5, 0.6) is 0 Å². The lowest BCUT2D eigenvalue weighted by Crippen LogP contribution is -2.47. The molecule has 9 nitrogen and oxygen atoms in total. The number of ether oxygens (including phenoxy) is 1. The van der Waals surface area contributed by atoms with E-state index in [0.717, 1.165) is 50.0 Å². The minimum Gasteiger partial charge on any atom is -0.444 e. The monoisotopic (exact) mass is 446 g/mol. The van der Waals surface area contributed by atoms with Crippen molar-refractivity contribution < 1.29 is 19.2 Å². The van der Waals surface area contributed by atoms with Gasteiger partial charge in [-0.15, -0.1) is 0 Å². The molecule has 1 saturated heterocycles. The molecule has 0 aromatic heterocycles.